The lowest BCUT2D eigenvalue weighted by molar-refractivity contribution is -0.131. The van der Waals surface area contributed by atoms with Crippen molar-refractivity contribution in [3.63, 3.8) is 0 Å². The van der Waals surface area contributed by atoms with Gasteiger partial charge in [-0.3, -0.25) is 24.1 Å². The number of amides is 4. The average molecular weight is 715 g/mol. The van der Waals surface area contributed by atoms with Gasteiger partial charge in [0.05, 0.1) is 45.2 Å². The van der Waals surface area contributed by atoms with Gasteiger partial charge in [-0.05, 0) is 95.8 Å². The Hall–Kier alpha value is -4.25. The number of methoxy groups -OCH3 is 1. The lowest BCUT2D eigenvalue weighted by Gasteiger charge is -2.49. The number of rotatable bonds is 5. The summed E-state index contributed by atoms with van der Waals surface area (Å²) >= 11 is 2.03. The third kappa shape index (κ3) is 4.16. The Morgan fingerprint density at radius 1 is 0.933 bits per heavy atom. The highest BCUT2D eigenvalue weighted by Crippen LogP contribution is 2.64. The number of hydrogen-bond acceptors (Lipinski definition) is 6. The zero-order chi connectivity index (χ0) is 31.8. The number of benzene rings is 3. The average Bonchev–Trinajstić information content (AvgIpc) is 3.42. The van der Waals surface area contributed by atoms with E-state index in [2.05, 4.69) is 6.58 Å². The van der Waals surface area contributed by atoms with E-state index in [1.54, 1.807) is 48.5 Å². The molecule has 45 heavy (non-hydrogen) atoms. The molecule has 0 aromatic heterocycles. The molecule has 0 radical (unpaired) electrons. The minimum atomic E-state index is -1.18. The van der Waals surface area contributed by atoms with Crippen LogP contribution in [-0.2, 0) is 19.2 Å². The van der Waals surface area contributed by atoms with Gasteiger partial charge in [-0.1, -0.05) is 54.6 Å². The van der Waals surface area contributed by atoms with Crippen molar-refractivity contribution in [2.24, 2.45) is 29.1 Å². The van der Waals surface area contributed by atoms with Crippen molar-refractivity contribution in [2.45, 2.75) is 25.7 Å². The van der Waals surface area contributed by atoms with Crippen molar-refractivity contribution in [1.29, 1.82) is 0 Å². The Bertz CT molecular complexity index is 1820. The van der Waals surface area contributed by atoms with E-state index in [9.17, 15) is 24.3 Å². The Morgan fingerprint density at radius 3 is 2.29 bits per heavy atom. The van der Waals surface area contributed by atoms with Gasteiger partial charge in [0.2, 0.25) is 23.6 Å². The number of allylic oxidation sites excluding steroid dienone is 2. The monoisotopic (exact) mass is 714 g/mol. The molecule has 8 nitrogen and oxygen atoms in total. The molecule has 4 amide bonds. The molecule has 3 aromatic carbocycles. The molecule has 1 N–H and O–H groups in total. The van der Waals surface area contributed by atoms with E-state index in [1.807, 2.05) is 59.9 Å². The van der Waals surface area contributed by atoms with Crippen LogP contribution in [0.2, 0.25) is 0 Å². The molecule has 9 heteroatoms. The SMILES string of the molecule is C=Cc1ccc(N2C(=O)C3CC=C4C(CC5C(=O)N(c6ccccc6)C(=O)C5(C)C4c4cc(I)c(O)c(OC)c4)C3C2=O)cc1. The van der Waals surface area contributed by atoms with E-state index in [4.69, 9.17) is 4.74 Å². The Balaban J connectivity index is 1.38. The second-order valence-electron chi connectivity index (χ2n) is 12.4. The third-order valence-corrected chi connectivity index (χ3v) is 11.1. The van der Waals surface area contributed by atoms with Crippen LogP contribution < -0.4 is 14.5 Å². The van der Waals surface area contributed by atoms with Gasteiger partial charge in [-0.25, -0.2) is 4.90 Å². The first-order valence-corrected chi connectivity index (χ1v) is 16.0. The van der Waals surface area contributed by atoms with Crippen molar-refractivity contribution in [2.75, 3.05) is 16.9 Å². The van der Waals surface area contributed by atoms with E-state index in [0.29, 0.717) is 26.9 Å². The first-order valence-electron chi connectivity index (χ1n) is 14.9. The highest BCUT2D eigenvalue weighted by Gasteiger charge is 2.67. The van der Waals surface area contributed by atoms with Gasteiger partial charge in [-0.15, -0.1) is 0 Å². The van der Waals surface area contributed by atoms with Crippen LogP contribution >= 0.6 is 22.6 Å². The molecule has 0 spiro atoms. The minimum Gasteiger partial charge on any atom is -0.504 e. The summed E-state index contributed by atoms with van der Waals surface area (Å²) in [5, 5.41) is 10.7. The molecule has 7 rings (SSSR count). The second-order valence-corrected chi connectivity index (χ2v) is 13.5. The molecular formula is C36H31IN2O6. The van der Waals surface area contributed by atoms with Crippen molar-refractivity contribution < 1.29 is 29.0 Å². The lowest BCUT2D eigenvalue weighted by atomic mass is 9.51. The van der Waals surface area contributed by atoms with E-state index >= 15 is 0 Å². The molecule has 2 saturated heterocycles. The number of para-hydroxylation sites is 1. The zero-order valence-corrected chi connectivity index (χ0v) is 26.9. The topological polar surface area (TPSA) is 104 Å². The molecule has 3 fully saturated rings. The zero-order valence-electron chi connectivity index (χ0n) is 24.8. The Labute approximate surface area is 274 Å². The van der Waals surface area contributed by atoms with Crippen molar-refractivity contribution >= 4 is 63.7 Å². The summed E-state index contributed by atoms with van der Waals surface area (Å²) in [6.45, 7) is 5.62. The van der Waals surface area contributed by atoms with Crippen molar-refractivity contribution in [3.05, 3.63) is 99.7 Å². The number of carbonyl (C=O) groups is 4. The summed E-state index contributed by atoms with van der Waals surface area (Å²) in [5.74, 6) is -3.93. The summed E-state index contributed by atoms with van der Waals surface area (Å²) in [4.78, 5) is 59.4. The van der Waals surface area contributed by atoms with Crippen molar-refractivity contribution in [3.8, 4) is 11.5 Å². The number of halogens is 1. The summed E-state index contributed by atoms with van der Waals surface area (Å²) in [6.07, 6.45) is 4.33. The molecule has 6 atom stereocenters. The summed E-state index contributed by atoms with van der Waals surface area (Å²) in [6, 6.07) is 19.6. The van der Waals surface area contributed by atoms with Crippen LogP contribution in [0, 0.1) is 32.7 Å². The molecule has 228 valence electrons. The molecule has 0 bridgehead atoms. The van der Waals surface area contributed by atoms with E-state index < -0.39 is 35.0 Å². The number of nitrogens with zero attached hydrogens (tertiary/aromatic N) is 2. The van der Waals surface area contributed by atoms with Crippen LogP contribution in [0.4, 0.5) is 11.4 Å². The number of anilines is 2. The van der Waals surface area contributed by atoms with E-state index in [-0.39, 0.29) is 41.5 Å². The highest BCUT2D eigenvalue weighted by atomic mass is 127. The van der Waals surface area contributed by atoms with Crippen LogP contribution in [0.3, 0.4) is 0 Å². The third-order valence-electron chi connectivity index (χ3n) is 10.3. The number of hydrogen-bond donors (Lipinski definition) is 1. The normalized spacial score (nSPS) is 28.9. The van der Waals surface area contributed by atoms with Crippen LogP contribution in [0.1, 0.15) is 36.8 Å². The minimum absolute atomic E-state index is 0.0111. The van der Waals surface area contributed by atoms with Crippen molar-refractivity contribution in [1.82, 2.24) is 0 Å². The molecule has 1 saturated carbocycles. The fourth-order valence-electron chi connectivity index (χ4n) is 8.15. The van der Waals surface area contributed by atoms with Gasteiger partial charge in [0, 0.05) is 5.92 Å². The summed E-state index contributed by atoms with van der Waals surface area (Å²) in [5.41, 5.74) is 2.28. The molecule has 2 aliphatic carbocycles. The molecule has 3 aromatic rings. The summed E-state index contributed by atoms with van der Waals surface area (Å²) in [7, 11) is 1.47. The van der Waals surface area contributed by atoms with E-state index in [1.165, 1.54) is 16.9 Å². The maximum absolute atomic E-state index is 14.5. The predicted octanol–water partition coefficient (Wildman–Crippen LogP) is 6.08. The molecule has 4 aliphatic rings. The van der Waals surface area contributed by atoms with Gasteiger partial charge in [0.1, 0.15) is 0 Å². The maximum Gasteiger partial charge on any atom is 0.241 e. The fourth-order valence-corrected chi connectivity index (χ4v) is 8.77. The molecule has 2 aliphatic heterocycles. The van der Waals surface area contributed by atoms with E-state index in [0.717, 1.165) is 11.1 Å². The van der Waals surface area contributed by atoms with Gasteiger partial charge in [-0.2, -0.15) is 0 Å². The number of phenols is 1. The maximum atomic E-state index is 14.5. The number of imide groups is 2. The number of carbonyl (C=O) groups excluding carboxylic acids is 4. The van der Waals surface area contributed by atoms with Crippen LogP contribution in [-0.4, -0.2) is 35.8 Å². The van der Waals surface area contributed by atoms with Gasteiger partial charge in [0.15, 0.2) is 11.5 Å². The van der Waals surface area contributed by atoms with Crippen LogP contribution in [0.5, 0.6) is 11.5 Å². The molecule has 6 unspecified atom stereocenters. The van der Waals surface area contributed by atoms with Gasteiger partial charge in [0.25, 0.3) is 0 Å². The molecular weight excluding hydrogens is 683 g/mol. The smallest absolute Gasteiger partial charge is 0.241 e. The largest absolute Gasteiger partial charge is 0.504 e. The number of ether oxygens (including phenoxy) is 1. The lowest BCUT2D eigenvalue weighted by Crippen LogP contribution is -2.48. The summed E-state index contributed by atoms with van der Waals surface area (Å²) < 4.78 is 6.05. The predicted molar refractivity (Wildman–Crippen MR) is 177 cm³/mol. The quantitative estimate of drug-likeness (QED) is 0.195. The first-order chi connectivity index (χ1) is 21.6. The molecule has 2 heterocycles. The Morgan fingerprint density at radius 2 is 1.62 bits per heavy atom. The van der Waals surface area contributed by atoms with Gasteiger partial charge < -0.3 is 9.84 Å². The second kappa shape index (κ2) is 10.7. The Kier molecular flexibility index (Phi) is 6.99. The highest BCUT2D eigenvalue weighted by molar-refractivity contribution is 14.1. The van der Waals surface area contributed by atoms with Crippen LogP contribution in [0.15, 0.2) is 85.0 Å². The first kappa shape index (κ1) is 29.5. The standard InChI is InChI=1S/C36H31IN2O6/c1-4-19-10-12-22(13-11-19)38-32(41)24-15-14-23-25(29(24)34(38)43)18-26-33(42)39(21-8-6-5-7-9-21)35(44)36(26,2)30(23)20-16-27(37)31(40)28(17-20)45-3/h4-14,16-17,24-26,29-30,40H,1,15,18H2,2-3H3. The number of aromatic hydroxyl groups is 1. The fraction of sp³-hybridized carbons (Fsp3) is 0.278. The van der Waals surface area contributed by atoms with Gasteiger partial charge >= 0.3 is 0 Å². The number of fused-ring (bicyclic) bond motifs is 4. The number of phenolic OH excluding ortho intramolecular Hbond substituents is 1. The van der Waals surface area contributed by atoms with Crippen LogP contribution in [0.25, 0.3) is 6.08 Å².